The first-order chi connectivity index (χ1) is 11.5. The fourth-order valence-corrected chi connectivity index (χ4v) is 3.10. The van der Waals surface area contributed by atoms with Gasteiger partial charge in [-0.3, -0.25) is 4.52 Å². The van der Waals surface area contributed by atoms with Crippen molar-refractivity contribution >= 4 is 25.4 Å². The van der Waals surface area contributed by atoms with Crippen LogP contribution >= 0.6 is 8.38 Å². The van der Waals surface area contributed by atoms with Crippen molar-refractivity contribution in [2.75, 3.05) is 34.5 Å². The molecular formula is C16H23N2O5P. The third kappa shape index (κ3) is 5.18. The second kappa shape index (κ2) is 8.99. The monoisotopic (exact) mass is 354 g/mol. The molecule has 24 heavy (non-hydrogen) atoms. The fourth-order valence-electron chi connectivity index (χ4n) is 2.35. The Kier molecular flexibility index (Phi) is 6.99. The van der Waals surface area contributed by atoms with Crippen molar-refractivity contribution in [3.8, 4) is 0 Å². The van der Waals surface area contributed by atoms with E-state index in [0.717, 1.165) is 18.5 Å². The van der Waals surface area contributed by atoms with Crippen LogP contribution in [-0.4, -0.2) is 55.1 Å². The average molecular weight is 354 g/mol. The lowest BCUT2D eigenvalue weighted by Crippen LogP contribution is -2.14. The SMILES string of the molecule is COC(=O)OCOP(O)Cn1cc(CCN(C)C)c2ccccc21. The van der Waals surface area contributed by atoms with Crippen molar-refractivity contribution in [1.29, 1.82) is 0 Å². The number of likely N-dealkylation sites (N-methyl/N-ethyl adjacent to an activating group) is 1. The van der Waals surface area contributed by atoms with Gasteiger partial charge in [0.05, 0.1) is 13.4 Å². The Morgan fingerprint density at radius 1 is 1.33 bits per heavy atom. The molecule has 0 saturated carbocycles. The molecule has 0 fully saturated rings. The Morgan fingerprint density at radius 2 is 2.08 bits per heavy atom. The second-order valence-electron chi connectivity index (χ2n) is 5.53. The average Bonchev–Trinajstić information content (AvgIpc) is 2.90. The highest BCUT2D eigenvalue weighted by atomic mass is 31.2. The van der Waals surface area contributed by atoms with Gasteiger partial charge in [-0.05, 0) is 32.1 Å². The molecule has 1 aromatic heterocycles. The number of rotatable bonds is 8. The summed E-state index contributed by atoms with van der Waals surface area (Å²) < 4.78 is 16.1. The zero-order chi connectivity index (χ0) is 17.5. The van der Waals surface area contributed by atoms with E-state index in [2.05, 4.69) is 20.4 Å². The first-order valence-corrected chi connectivity index (χ1v) is 8.92. The molecule has 1 aromatic carbocycles. The smallest absolute Gasteiger partial charge is 0.438 e. The van der Waals surface area contributed by atoms with Gasteiger partial charge in [-0.15, -0.1) is 0 Å². The summed E-state index contributed by atoms with van der Waals surface area (Å²) in [4.78, 5) is 23.0. The minimum Gasteiger partial charge on any atom is -0.438 e. The van der Waals surface area contributed by atoms with Gasteiger partial charge in [0, 0.05) is 23.6 Å². The fraction of sp³-hybridized carbons (Fsp3) is 0.438. The molecule has 0 spiro atoms. The number of carbonyl (C=O) groups excluding carboxylic acids is 1. The highest BCUT2D eigenvalue weighted by Gasteiger charge is 2.13. The number of methoxy groups -OCH3 is 1. The number of nitrogens with zero attached hydrogens (tertiary/aromatic N) is 2. The van der Waals surface area contributed by atoms with Gasteiger partial charge in [0.25, 0.3) is 0 Å². The number of hydrogen-bond donors (Lipinski definition) is 1. The predicted molar refractivity (Wildman–Crippen MR) is 92.8 cm³/mol. The van der Waals surface area contributed by atoms with E-state index in [-0.39, 0.29) is 6.79 Å². The van der Waals surface area contributed by atoms with E-state index in [1.165, 1.54) is 18.1 Å². The number of para-hydroxylation sites is 1. The number of carbonyl (C=O) groups is 1. The Balaban J connectivity index is 2.04. The van der Waals surface area contributed by atoms with Crippen LogP contribution in [0.2, 0.25) is 0 Å². The predicted octanol–water partition coefficient (Wildman–Crippen LogP) is 2.76. The van der Waals surface area contributed by atoms with Gasteiger partial charge in [-0.2, -0.15) is 0 Å². The Morgan fingerprint density at radius 3 is 2.79 bits per heavy atom. The molecule has 1 N–H and O–H groups in total. The molecule has 0 radical (unpaired) electrons. The van der Waals surface area contributed by atoms with Crippen molar-refractivity contribution in [3.05, 3.63) is 36.0 Å². The van der Waals surface area contributed by atoms with Crippen LogP contribution in [-0.2, 0) is 26.7 Å². The number of fused-ring (bicyclic) bond motifs is 1. The van der Waals surface area contributed by atoms with Crippen molar-refractivity contribution in [2.24, 2.45) is 0 Å². The van der Waals surface area contributed by atoms with Gasteiger partial charge >= 0.3 is 6.16 Å². The van der Waals surface area contributed by atoms with Crippen LogP contribution in [0, 0.1) is 0 Å². The molecule has 1 heterocycles. The lowest BCUT2D eigenvalue weighted by atomic mass is 10.1. The molecule has 1 atom stereocenters. The van der Waals surface area contributed by atoms with Crippen molar-refractivity contribution in [3.63, 3.8) is 0 Å². The van der Waals surface area contributed by atoms with E-state index in [0.29, 0.717) is 6.29 Å². The van der Waals surface area contributed by atoms with Gasteiger partial charge in [-0.25, -0.2) is 4.79 Å². The maximum Gasteiger partial charge on any atom is 0.510 e. The molecular weight excluding hydrogens is 331 g/mol. The molecule has 0 bridgehead atoms. The van der Waals surface area contributed by atoms with Crippen molar-refractivity contribution in [2.45, 2.75) is 12.7 Å². The standard InChI is InChI=1S/C16H23N2O5P/c1-17(2)9-8-13-10-18(15-7-5-4-6-14(13)15)11-24(20)23-12-22-16(19)21-3/h4-7,10,20H,8-9,11-12H2,1-3H3. The van der Waals surface area contributed by atoms with Crippen molar-refractivity contribution < 1.29 is 23.7 Å². The zero-order valence-electron chi connectivity index (χ0n) is 14.1. The molecule has 8 heteroatoms. The van der Waals surface area contributed by atoms with E-state index in [4.69, 9.17) is 4.52 Å². The lowest BCUT2D eigenvalue weighted by Gasteiger charge is -2.12. The molecule has 0 saturated heterocycles. The summed E-state index contributed by atoms with van der Waals surface area (Å²) in [5.41, 5.74) is 2.28. The molecule has 0 aliphatic rings. The molecule has 1 unspecified atom stereocenters. The van der Waals surface area contributed by atoms with E-state index in [1.807, 2.05) is 43.1 Å². The van der Waals surface area contributed by atoms with Crippen molar-refractivity contribution in [1.82, 2.24) is 9.47 Å². The van der Waals surface area contributed by atoms with E-state index in [9.17, 15) is 9.69 Å². The maximum atomic E-state index is 10.8. The summed E-state index contributed by atoms with van der Waals surface area (Å²) in [6, 6.07) is 8.07. The summed E-state index contributed by atoms with van der Waals surface area (Å²) in [5, 5.41) is 1.17. The highest BCUT2D eigenvalue weighted by molar-refractivity contribution is 7.45. The largest absolute Gasteiger partial charge is 0.510 e. The molecule has 0 aliphatic heterocycles. The molecule has 2 aromatic rings. The molecule has 0 aliphatic carbocycles. The number of hydrogen-bond acceptors (Lipinski definition) is 6. The first kappa shape index (κ1) is 18.7. The van der Waals surface area contributed by atoms with E-state index < -0.39 is 14.5 Å². The van der Waals surface area contributed by atoms with Gasteiger partial charge in [0.15, 0.2) is 8.38 Å². The normalized spacial score (nSPS) is 12.5. The third-order valence-electron chi connectivity index (χ3n) is 3.52. The summed E-state index contributed by atoms with van der Waals surface area (Å²) in [7, 11) is 3.55. The van der Waals surface area contributed by atoms with E-state index >= 15 is 0 Å². The first-order valence-electron chi connectivity index (χ1n) is 7.53. The molecule has 0 amide bonds. The van der Waals surface area contributed by atoms with Gasteiger partial charge in [0.2, 0.25) is 6.79 Å². The number of benzene rings is 1. The van der Waals surface area contributed by atoms with Crippen LogP contribution in [0.5, 0.6) is 0 Å². The Labute approximate surface area is 142 Å². The van der Waals surface area contributed by atoms with Gasteiger partial charge < -0.3 is 23.8 Å². The highest BCUT2D eigenvalue weighted by Crippen LogP contribution is 2.36. The number of aromatic nitrogens is 1. The van der Waals surface area contributed by atoms with Gasteiger partial charge in [-0.1, -0.05) is 18.2 Å². The lowest BCUT2D eigenvalue weighted by molar-refractivity contribution is 0.0155. The number of ether oxygens (including phenoxy) is 2. The third-order valence-corrected chi connectivity index (χ3v) is 4.47. The molecule has 7 nitrogen and oxygen atoms in total. The van der Waals surface area contributed by atoms with Crippen LogP contribution in [0.1, 0.15) is 5.56 Å². The maximum absolute atomic E-state index is 10.8. The summed E-state index contributed by atoms with van der Waals surface area (Å²) in [5.74, 6) is 0. The Hall–Kier alpha value is -1.66. The molecule has 2 rings (SSSR count). The molecule has 132 valence electrons. The summed E-state index contributed by atoms with van der Waals surface area (Å²) >= 11 is 0. The topological polar surface area (TPSA) is 73.2 Å². The quantitative estimate of drug-likeness (QED) is 0.446. The van der Waals surface area contributed by atoms with Crippen LogP contribution in [0.25, 0.3) is 10.9 Å². The Bertz CT molecular complexity index is 674. The minimum absolute atomic E-state index is 0.308. The second-order valence-corrected chi connectivity index (χ2v) is 6.78. The van der Waals surface area contributed by atoms with Crippen LogP contribution in [0.4, 0.5) is 4.79 Å². The minimum atomic E-state index is -1.75. The van der Waals surface area contributed by atoms with Crippen LogP contribution in [0.3, 0.4) is 0 Å². The summed E-state index contributed by atoms with van der Waals surface area (Å²) in [6.07, 6.45) is 2.44. The van der Waals surface area contributed by atoms with Gasteiger partial charge in [0.1, 0.15) is 0 Å². The van der Waals surface area contributed by atoms with Crippen LogP contribution < -0.4 is 0 Å². The summed E-state index contributed by atoms with van der Waals surface area (Å²) in [6.45, 7) is 0.618. The van der Waals surface area contributed by atoms with E-state index in [1.54, 1.807) is 0 Å². The van der Waals surface area contributed by atoms with Crippen LogP contribution in [0.15, 0.2) is 30.5 Å². The zero-order valence-corrected chi connectivity index (χ0v) is 15.0.